The molecule has 0 spiro atoms. The van der Waals surface area contributed by atoms with E-state index in [1.807, 2.05) is 35.7 Å². The Morgan fingerprint density at radius 1 is 1.09 bits per heavy atom. The molecule has 0 saturated heterocycles. The maximum Gasteiger partial charge on any atom is 0.339 e. The third kappa shape index (κ3) is 5.80. The number of hydrogen-bond acceptors (Lipinski definition) is 8. The Morgan fingerprint density at radius 2 is 1.80 bits per heavy atom. The van der Waals surface area contributed by atoms with Crippen LogP contribution in [0.4, 0.5) is 10.9 Å². The number of rotatable bonds is 8. The summed E-state index contributed by atoms with van der Waals surface area (Å²) in [6, 6.07) is 11.2. The molecule has 3 heterocycles. The standard InChI is InChI=1S/C26H27N3O4S2/c1-26(2,3)13-21-22(15-9-17(32-4)12-18(10-15)33-5)28-25(35-21)29-23-19(24(30)31)11-16(14-27-23)20-7-6-8-34-20/h6-12,14H,13H2,1-5H3,(H,30,31)(H,27,28,29). The van der Waals surface area contributed by atoms with Gasteiger partial charge in [-0.25, -0.2) is 14.8 Å². The molecule has 4 aromatic rings. The number of anilines is 2. The van der Waals surface area contributed by atoms with E-state index in [4.69, 9.17) is 14.5 Å². The Hall–Kier alpha value is -3.43. The van der Waals surface area contributed by atoms with Gasteiger partial charge in [-0.2, -0.15) is 0 Å². The summed E-state index contributed by atoms with van der Waals surface area (Å²) in [6.45, 7) is 6.51. The van der Waals surface area contributed by atoms with Crippen LogP contribution >= 0.6 is 22.7 Å². The van der Waals surface area contributed by atoms with Gasteiger partial charge in [0.25, 0.3) is 0 Å². The van der Waals surface area contributed by atoms with Gasteiger partial charge in [0, 0.05) is 33.1 Å². The molecule has 1 aromatic carbocycles. The minimum atomic E-state index is -1.05. The van der Waals surface area contributed by atoms with Gasteiger partial charge in [0.1, 0.15) is 22.9 Å². The number of thiophene rings is 1. The van der Waals surface area contributed by atoms with Gasteiger partial charge in [-0.3, -0.25) is 0 Å². The third-order valence-electron chi connectivity index (χ3n) is 5.16. The van der Waals surface area contributed by atoms with E-state index in [2.05, 4.69) is 31.1 Å². The highest BCUT2D eigenvalue weighted by Gasteiger charge is 2.22. The van der Waals surface area contributed by atoms with Crippen molar-refractivity contribution in [2.24, 2.45) is 5.41 Å². The molecule has 0 aliphatic heterocycles. The van der Waals surface area contributed by atoms with Gasteiger partial charge in [0.15, 0.2) is 5.13 Å². The number of methoxy groups -OCH3 is 2. The molecular formula is C26H27N3O4S2. The van der Waals surface area contributed by atoms with Gasteiger partial charge in [-0.05, 0) is 41.5 Å². The Balaban J connectivity index is 1.76. The normalized spacial score (nSPS) is 11.3. The van der Waals surface area contributed by atoms with E-state index in [9.17, 15) is 9.90 Å². The molecule has 0 aliphatic carbocycles. The lowest BCUT2D eigenvalue weighted by Crippen LogP contribution is -2.08. The van der Waals surface area contributed by atoms with Crippen molar-refractivity contribution in [2.75, 3.05) is 19.5 Å². The number of pyridine rings is 1. The SMILES string of the molecule is COc1cc(OC)cc(-c2nc(Nc3ncc(-c4cccs4)cc3C(=O)O)sc2CC(C)(C)C)c1. The first-order valence-electron chi connectivity index (χ1n) is 10.9. The predicted molar refractivity (Wildman–Crippen MR) is 142 cm³/mol. The fraction of sp³-hybridized carbons (Fsp3) is 0.269. The van der Waals surface area contributed by atoms with Crippen LogP contribution in [0.5, 0.6) is 11.5 Å². The van der Waals surface area contributed by atoms with Crippen molar-refractivity contribution in [2.45, 2.75) is 27.2 Å². The van der Waals surface area contributed by atoms with Crippen LogP contribution in [-0.4, -0.2) is 35.3 Å². The van der Waals surface area contributed by atoms with Crippen molar-refractivity contribution >= 4 is 39.6 Å². The van der Waals surface area contributed by atoms with E-state index >= 15 is 0 Å². The van der Waals surface area contributed by atoms with Crippen molar-refractivity contribution < 1.29 is 19.4 Å². The Labute approximate surface area is 212 Å². The molecule has 0 atom stereocenters. The van der Waals surface area contributed by atoms with Crippen molar-refractivity contribution in [3.05, 3.63) is 58.4 Å². The summed E-state index contributed by atoms with van der Waals surface area (Å²) < 4.78 is 10.9. The average molecular weight is 510 g/mol. The lowest BCUT2D eigenvalue weighted by molar-refractivity contribution is 0.0697. The van der Waals surface area contributed by atoms with Crippen LogP contribution in [-0.2, 0) is 6.42 Å². The van der Waals surface area contributed by atoms with Gasteiger partial charge in [-0.15, -0.1) is 22.7 Å². The molecule has 182 valence electrons. The zero-order valence-electron chi connectivity index (χ0n) is 20.2. The van der Waals surface area contributed by atoms with Gasteiger partial charge in [0.05, 0.1) is 19.9 Å². The molecule has 35 heavy (non-hydrogen) atoms. The quantitative estimate of drug-likeness (QED) is 0.265. The molecule has 0 aliphatic rings. The molecular weight excluding hydrogens is 482 g/mol. The van der Waals surface area contributed by atoms with Gasteiger partial charge >= 0.3 is 5.97 Å². The molecule has 0 unspecified atom stereocenters. The highest BCUT2D eigenvalue weighted by molar-refractivity contribution is 7.16. The van der Waals surface area contributed by atoms with E-state index in [-0.39, 0.29) is 16.8 Å². The van der Waals surface area contributed by atoms with E-state index in [1.54, 1.807) is 26.5 Å². The number of carbonyl (C=O) groups is 1. The number of thiazole rings is 1. The van der Waals surface area contributed by atoms with Crippen LogP contribution < -0.4 is 14.8 Å². The van der Waals surface area contributed by atoms with Crippen LogP contribution in [0.2, 0.25) is 0 Å². The highest BCUT2D eigenvalue weighted by Crippen LogP contribution is 2.39. The lowest BCUT2D eigenvalue weighted by Gasteiger charge is -2.17. The number of ether oxygens (including phenoxy) is 2. The molecule has 3 aromatic heterocycles. The average Bonchev–Trinajstić information content (AvgIpc) is 3.48. The van der Waals surface area contributed by atoms with Crippen LogP contribution in [0, 0.1) is 5.41 Å². The summed E-state index contributed by atoms with van der Waals surface area (Å²) in [5.41, 5.74) is 2.54. The van der Waals surface area contributed by atoms with E-state index in [0.717, 1.165) is 33.0 Å². The summed E-state index contributed by atoms with van der Waals surface area (Å²) in [5.74, 6) is 0.538. The number of aromatic carboxylic acids is 1. The molecule has 9 heteroatoms. The summed E-state index contributed by atoms with van der Waals surface area (Å²) in [5, 5.41) is 15.5. The number of carboxylic acid groups (broad SMARTS) is 1. The van der Waals surface area contributed by atoms with Crippen LogP contribution in [0.3, 0.4) is 0 Å². The number of nitrogens with one attached hydrogen (secondary N) is 1. The Morgan fingerprint density at radius 3 is 2.37 bits per heavy atom. The number of hydrogen-bond donors (Lipinski definition) is 2. The summed E-state index contributed by atoms with van der Waals surface area (Å²) in [6.07, 6.45) is 2.47. The zero-order valence-corrected chi connectivity index (χ0v) is 21.8. The maximum absolute atomic E-state index is 12.0. The largest absolute Gasteiger partial charge is 0.497 e. The molecule has 0 saturated carbocycles. The van der Waals surface area contributed by atoms with Gasteiger partial charge < -0.3 is 19.9 Å². The number of carboxylic acids is 1. The molecule has 0 bridgehead atoms. The zero-order chi connectivity index (χ0) is 25.2. The topological polar surface area (TPSA) is 93.6 Å². The molecule has 0 amide bonds. The molecule has 2 N–H and O–H groups in total. The van der Waals surface area contributed by atoms with Crippen LogP contribution in [0.1, 0.15) is 36.0 Å². The number of benzene rings is 1. The maximum atomic E-state index is 12.0. The summed E-state index contributed by atoms with van der Waals surface area (Å²) in [7, 11) is 3.23. The van der Waals surface area contributed by atoms with Crippen molar-refractivity contribution in [3.8, 4) is 33.2 Å². The number of aromatic nitrogens is 2. The molecule has 4 rings (SSSR count). The first kappa shape index (κ1) is 24.7. The first-order chi connectivity index (χ1) is 16.7. The first-order valence-corrected chi connectivity index (χ1v) is 12.6. The van der Waals surface area contributed by atoms with Crippen LogP contribution in [0.25, 0.3) is 21.7 Å². The fourth-order valence-corrected chi connectivity index (χ4v) is 5.57. The second-order valence-corrected chi connectivity index (χ2v) is 11.2. The van der Waals surface area contributed by atoms with Crippen LogP contribution in [0.15, 0.2) is 48.0 Å². The van der Waals surface area contributed by atoms with Crippen molar-refractivity contribution in [1.29, 1.82) is 0 Å². The Bertz CT molecular complexity index is 1320. The Kier molecular flexibility index (Phi) is 7.09. The molecule has 7 nitrogen and oxygen atoms in total. The van der Waals surface area contributed by atoms with Crippen molar-refractivity contribution in [1.82, 2.24) is 9.97 Å². The second kappa shape index (κ2) is 10.1. The lowest BCUT2D eigenvalue weighted by atomic mass is 9.90. The smallest absolute Gasteiger partial charge is 0.339 e. The monoisotopic (exact) mass is 509 g/mol. The minimum absolute atomic E-state index is 0.0222. The number of nitrogens with zero attached hydrogens (tertiary/aromatic N) is 2. The van der Waals surface area contributed by atoms with Gasteiger partial charge in [0.2, 0.25) is 0 Å². The fourth-order valence-electron chi connectivity index (χ4n) is 3.58. The van der Waals surface area contributed by atoms with E-state index in [1.165, 1.54) is 22.7 Å². The predicted octanol–water partition coefficient (Wildman–Crippen LogP) is 6.98. The summed E-state index contributed by atoms with van der Waals surface area (Å²) >= 11 is 3.03. The van der Waals surface area contributed by atoms with E-state index in [0.29, 0.717) is 16.6 Å². The summed E-state index contributed by atoms with van der Waals surface area (Å²) in [4.78, 5) is 23.3. The minimum Gasteiger partial charge on any atom is -0.497 e. The third-order valence-corrected chi connectivity index (χ3v) is 7.05. The molecule has 0 fully saturated rings. The van der Waals surface area contributed by atoms with Crippen molar-refractivity contribution in [3.63, 3.8) is 0 Å². The van der Waals surface area contributed by atoms with E-state index < -0.39 is 5.97 Å². The molecule has 0 radical (unpaired) electrons. The second-order valence-electron chi connectivity index (χ2n) is 9.16. The van der Waals surface area contributed by atoms with Gasteiger partial charge in [-0.1, -0.05) is 26.8 Å². The highest BCUT2D eigenvalue weighted by atomic mass is 32.1.